The van der Waals surface area contributed by atoms with Gasteiger partial charge in [0.25, 0.3) is 0 Å². The molecule has 2 fully saturated rings. The average molecular weight is 942 g/mol. The number of Topliss-reactive ketones (excluding diaryl/α,β-unsaturated/α-hetero) is 1. The van der Waals surface area contributed by atoms with Crippen molar-refractivity contribution in [2.45, 2.75) is 25.4 Å². The quantitative estimate of drug-likeness (QED) is 0.0989. The molecule has 0 atom stereocenters. The summed E-state index contributed by atoms with van der Waals surface area (Å²) in [7, 11) is 2.82. The summed E-state index contributed by atoms with van der Waals surface area (Å²) in [6.45, 7) is 3.20. The molecule has 0 bridgehead atoms. The number of nitrogens with zero attached hydrogens (tertiary/aromatic N) is 6. The number of anilines is 2. The van der Waals surface area contributed by atoms with E-state index < -0.39 is 36.5 Å². The highest BCUT2D eigenvalue weighted by Crippen LogP contribution is 2.33. The Bertz CT molecular complexity index is 2460. The third-order valence-corrected chi connectivity index (χ3v) is 10.3. The summed E-state index contributed by atoms with van der Waals surface area (Å²) in [6, 6.07) is 26.9. The minimum atomic E-state index is -5.07. The molecule has 0 radical (unpaired) electrons. The van der Waals surface area contributed by atoms with Gasteiger partial charge in [-0.2, -0.15) is 26.3 Å². The first kappa shape index (κ1) is 49.2. The van der Waals surface area contributed by atoms with Crippen LogP contribution in [0.5, 0.6) is 11.5 Å². The molecule has 0 aliphatic carbocycles. The first-order valence-corrected chi connectivity index (χ1v) is 20.6. The van der Waals surface area contributed by atoms with E-state index in [2.05, 4.69) is 10.2 Å². The molecule has 22 heteroatoms. The van der Waals surface area contributed by atoms with Crippen molar-refractivity contribution >= 4 is 35.1 Å². The van der Waals surface area contributed by atoms with Crippen molar-refractivity contribution in [3.63, 3.8) is 0 Å². The van der Waals surface area contributed by atoms with Crippen LogP contribution in [0.3, 0.4) is 0 Å². The molecule has 356 valence electrons. The van der Waals surface area contributed by atoms with Gasteiger partial charge in [-0.3, -0.25) is 19.4 Å². The van der Waals surface area contributed by atoms with Gasteiger partial charge in [0, 0.05) is 59.8 Å². The van der Waals surface area contributed by atoms with E-state index in [1.54, 1.807) is 55.2 Å². The van der Waals surface area contributed by atoms with Crippen molar-refractivity contribution in [1.29, 1.82) is 0 Å². The molecule has 2 aliphatic rings. The van der Waals surface area contributed by atoms with Crippen LogP contribution in [0.25, 0.3) is 11.5 Å². The number of benzene rings is 4. The van der Waals surface area contributed by atoms with E-state index in [0.29, 0.717) is 80.9 Å². The number of rotatable bonds is 12. The van der Waals surface area contributed by atoms with E-state index in [1.165, 1.54) is 32.4 Å². The number of amides is 5. The number of alkyl halides is 6. The predicted molar refractivity (Wildman–Crippen MR) is 229 cm³/mol. The number of nitrogens with one attached hydrogen (secondary N) is 1. The topological polar surface area (TPSA) is 169 Å². The number of aromatic nitrogens is 2. The number of ether oxygens (including phenoxy) is 4. The molecule has 2 aliphatic heterocycles. The Morgan fingerprint density at radius 1 is 0.657 bits per heavy atom. The fourth-order valence-electron chi connectivity index (χ4n) is 6.82. The standard InChI is InChI=1S/C23H24F3N3O5.C22H21F3N4O4/c1-33-20-13-16(19(30)14-27-21(31)23(24,25)26)7-8-17(20)15-29(18-5-3-2-4-6-18)22(32)28-9-11-34-12-10-28;1-31-18-13-15(19-26-27-20(33-19)22(23,24)25)7-8-16(18)14-29(17-5-3-2-4-6-17)21(30)28-9-11-32-12-10-28/h2-8,13H,9-12,14-15H2,1H3,(H,27,31);2-8,13H,9-12,14H2,1H3. The minimum absolute atomic E-state index is 0.0637. The van der Waals surface area contributed by atoms with Crippen LogP contribution >= 0.6 is 0 Å². The van der Waals surface area contributed by atoms with Gasteiger partial charge >= 0.3 is 36.2 Å². The summed E-state index contributed by atoms with van der Waals surface area (Å²) in [5.74, 6) is -3.96. The summed E-state index contributed by atoms with van der Waals surface area (Å²) in [5.41, 5.74) is 2.94. The van der Waals surface area contributed by atoms with Gasteiger partial charge in [-0.25, -0.2) is 9.59 Å². The fourth-order valence-corrected chi connectivity index (χ4v) is 6.82. The molecule has 0 saturated carbocycles. The summed E-state index contributed by atoms with van der Waals surface area (Å²) in [4.78, 5) is 56.4. The highest BCUT2D eigenvalue weighted by atomic mass is 19.4. The average Bonchev–Trinajstić information content (AvgIpc) is 3.86. The van der Waals surface area contributed by atoms with Gasteiger partial charge in [-0.15, -0.1) is 10.2 Å². The van der Waals surface area contributed by atoms with Gasteiger partial charge in [0.05, 0.1) is 60.3 Å². The molecule has 2 saturated heterocycles. The molecule has 3 heterocycles. The van der Waals surface area contributed by atoms with Crippen molar-refractivity contribution in [2.75, 3.05) is 83.2 Å². The van der Waals surface area contributed by atoms with E-state index in [9.17, 15) is 45.5 Å². The first-order valence-electron chi connectivity index (χ1n) is 20.6. The van der Waals surface area contributed by atoms with Crippen molar-refractivity contribution in [3.8, 4) is 23.0 Å². The third-order valence-electron chi connectivity index (χ3n) is 10.3. The zero-order valence-corrected chi connectivity index (χ0v) is 36.1. The summed E-state index contributed by atoms with van der Waals surface area (Å²) < 4.78 is 102. The van der Waals surface area contributed by atoms with Crippen molar-refractivity contribution in [2.24, 2.45) is 0 Å². The van der Waals surface area contributed by atoms with Crippen molar-refractivity contribution in [3.05, 3.63) is 120 Å². The Morgan fingerprint density at radius 3 is 1.58 bits per heavy atom. The number of carbonyl (C=O) groups is 4. The number of morpholine rings is 2. The van der Waals surface area contributed by atoms with E-state index in [4.69, 9.17) is 23.4 Å². The predicted octanol–water partition coefficient (Wildman–Crippen LogP) is 7.24. The highest BCUT2D eigenvalue weighted by Gasteiger charge is 2.39. The smallest absolute Gasteiger partial charge is 0.471 e. The molecule has 4 aromatic carbocycles. The Hall–Kier alpha value is -7.20. The second-order valence-electron chi connectivity index (χ2n) is 14.7. The van der Waals surface area contributed by atoms with Crippen LogP contribution in [-0.4, -0.2) is 123 Å². The number of hydrogen-bond acceptors (Lipinski definition) is 11. The van der Waals surface area contributed by atoms with Crippen LogP contribution in [0.2, 0.25) is 0 Å². The normalized spacial score (nSPS) is 14.0. The third kappa shape index (κ3) is 13.0. The summed E-state index contributed by atoms with van der Waals surface area (Å²) in [6.07, 6.45) is -9.80. The molecular formula is C45H45F6N7O9. The largest absolute Gasteiger partial charge is 0.496 e. The zero-order chi connectivity index (χ0) is 48.1. The molecular weight excluding hydrogens is 897 g/mol. The summed E-state index contributed by atoms with van der Waals surface area (Å²) in [5, 5.41) is 8.09. The molecule has 1 aromatic heterocycles. The van der Waals surface area contributed by atoms with Gasteiger partial charge in [-0.1, -0.05) is 54.6 Å². The molecule has 0 unspecified atom stereocenters. The van der Waals surface area contributed by atoms with Crippen molar-refractivity contribution < 1.29 is 68.9 Å². The molecule has 16 nitrogen and oxygen atoms in total. The number of methoxy groups -OCH3 is 2. The zero-order valence-electron chi connectivity index (χ0n) is 36.1. The Kier molecular flexibility index (Phi) is 16.4. The summed E-state index contributed by atoms with van der Waals surface area (Å²) >= 11 is 0. The maximum atomic E-state index is 13.3. The second-order valence-corrected chi connectivity index (χ2v) is 14.7. The monoisotopic (exact) mass is 941 g/mol. The Morgan fingerprint density at radius 2 is 1.13 bits per heavy atom. The minimum Gasteiger partial charge on any atom is -0.496 e. The van der Waals surface area contributed by atoms with Gasteiger partial charge < -0.3 is 38.5 Å². The van der Waals surface area contributed by atoms with Gasteiger partial charge in [0.1, 0.15) is 11.5 Å². The molecule has 67 heavy (non-hydrogen) atoms. The van der Waals surface area contributed by atoms with Gasteiger partial charge in [0.2, 0.25) is 5.89 Å². The van der Waals surface area contributed by atoms with Crippen LogP contribution in [0.15, 0.2) is 101 Å². The van der Waals surface area contributed by atoms with E-state index in [1.807, 2.05) is 48.5 Å². The van der Waals surface area contributed by atoms with Crippen molar-refractivity contribution in [1.82, 2.24) is 25.3 Å². The SMILES string of the molecule is COc1cc(-c2nnc(C(F)(F)F)o2)ccc1CN(C(=O)N1CCOCC1)c1ccccc1.COc1cc(C(=O)CNC(=O)C(F)(F)F)ccc1CN(C(=O)N1CCOCC1)c1ccccc1. The van der Waals surface area contributed by atoms with Crippen LogP contribution in [-0.2, 0) is 33.5 Å². The lowest BCUT2D eigenvalue weighted by Crippen LogP contribution is -2.48. The van der Waals surface area contributed by atoms with E-state index in [0.717, 1.165) is 0 Å². The maximum Gasteiger partial charge on any atom is 0.471 e. The number of ketones is 1. The number of para-hydroxylation sites is 2. The lowest BCUT2D eigenvalue weighted by atomic mass is 10.1. The lowest BCUT2D eigenvalue weighted by molar-refractivity contribution is -0.173. The lowest BCUT2D eigenvalue weighted by Gasteiger charge is -2.33. The van der Waals surface area contributed by atoms with Gasteiger partial charge in [0.15, 0.2) is 5.78 Å². The molecule has 5 amide bonds. The second kappa shape index (κ2) is 22.3. The number of halogens is 6. The molecule has 7 rings (SSSR count). The fraction of sp³-hybridized carbons (Fsp3) is 0.333. The number of hydrogen-bond donors (Lipinski definition) is 1. The van der Waals surface area contributed by atoms with Crippen LogP contribution < -0.4 is 24.6 Å². The highest BCUT2D eigenvalue weighted by molar-refractivity contribution is 6.00. The Labute approximate surface area is 379 Å². The Balaban J connectivity index is 0.000000221. The number of urea groups is 2. The van der Waals surface area contributed by atoms with Crippen LogP contribution in [0.4, 0.5) is 47.3 Å². The van der Waals surface area contributed by atoms with Crippen LogP contribution in [0, 0.1) is 0 Å². The first-order chi connectivity index (χ1) is 32.1. The maximum absolute atomic E-state index is 13.3. The van der Waals surface area contributed by atoms with Crippen LogP contribution in [0.1, 0.15) is 27.4 Å². The molecule has 0 spiro atoms. The molecule has 1 N–H and O–H groups in total. The molecule has 5 aromatic rings. The number of carbonyl (C=O) groups excluding carboxylic acids is 4. The van der Waals surface area contributed by atoms with E-state index >= 15 is 0 Å². The van der Waals surface area contributed by atoms with E-state index in [-0.39, 0.29) is 47.9 Å². The van der Waals surface area contributed by atoms with Gasteiger partial charge in [-0.05, 0) is 42.5 Å².